The Morgan fingerprint density at radius 3 is 2.52 bits per heavy atom. The molecule has 0 saturated heterocycles. The molecule has 1 amide bonds. The molecule has 0 unspecified atom stereocenters. The van der Waals surface area contributed by atoms with Gasteiger partial charge in [-0.3, -0.25) is 4.79 Å². The van der Waals surface area contributed by atoms with E-state index in [1.165, 1.54) is 5.56 Å². The number of hydrogen-bond acceptors (Lipinski definition) is 4. The number of carbonyl (C=O) groups is 2. The van der Waals surface area contributed by atoms with Crippen LogP contribution in [0.5, 0.6) is 0 Å². The summed E-state index contributed by atoms with van der Waals surface area (Å²) in [5.41, 5.74) is 2.79. The van der Waals surface area contributed by atoms with E-state index in [1.807, 2.05) is 48.5 Å². The fourth-order valence-electron chi connectivity index (χ4n) is 2.71. The van der Waals surface area contributed by atoms with Gasteiger partial charge in [0.1, 0.15) is 5.69 Å². The first-order valence-corrected chi connectivity index (χ1v) is 8.99. The number of nitrogens with zero attached hydrogens (tertiary/aromatic N) is 1. The number of anilines is 1. The Kier molecular flexibility index (Phi) is 5.81. The average molecular weight is 362 g/mol. The summed E-state index contributed by atoms with van der Waals surface area (Å²) >= 11 is 0. The van der Waals surface area contributed by atoms with E-state index in [0.717, 1.165) is 11.8 Å². The van der Waals surface area contributed by atoms with Gasteiger partial charge in [-0.05, 0) is 42.2 Å². The highest BCUT2D eigenvalue weighted by Crippen LogP contribution is 2.20. The van der Waals surface area contributed by atoms with E-state index < -0.39 is 5.97 Å². The van der Waals surface area contributed by atoms with Crippen molar-refractivity contribution in [3.05, 3.63) is 71.9 Å². The Labute approximate surface area is 158 Å². The maximum Gasteiger partial charge on any atom is 0.357 e. The molecule has 0 aliphatic rings. The molecule has 5 nitrogen and oxygen atoms in total. The molecular formula is C22H22N2O3. The quantitative estimate of drug-likeness (QED) is 0.654. The highest BCUT2D eigenvalue weighted by Gasteiger charge is 2.12. The van der Waals surface area contributed by atoms with Crippen molar-refractivity contribution in [2.24, 2.45) is 0 Å². The van der Waals surface area contributed by atoms with Crippen LogP contribution in [0.3, 0.4) is 0 Å². The number of pyridine rings is 1. The zero-order valence-electron chi connectivity index (χ0n) is 15.4. The van der Waals surface area contributed by atoms with E-state index in [0.29, 0.717) is 17.1 Å². The molecule has 2 aromatic carbocycles. The number of hydrogen-bond donors (Lipinski definition) is 1. The first-order chi connectivity index (χ1) is 13.1. The smallest absolute Gasteiger partial charge is 0.357 e. The van der Waals surface area contributed by atoms with Gasteiger partial charge < -0.3 is 10.1 Å². The second-order valence-electron chi connectivity index (χ2n) is 6.44. The van der Waals surface area contributed by atoms with Crippen LogP contribution in [-0.4, -0.2) is 23.5 Å². The van der Waals surface area contributed by atoms with Crippen LogP contribution >= 0.6 is 0 Å². The van der Waals surface area contributed by atoms with Crippen LogP contribution in [0.25, 0.3) is 10.9 Å². The number of amides is 1. The molecule has 27 heavy (non-hydrogen) atoms. The Morgan fingerprint density at radius 1 is 1.04 bits per heavy atom. The maximum absolute atomic E-state index is 12.1. The third-order valence-electron chi connectivity index (χ3n) is 4.52. The number of benzene rings is 2. The molecule has 1 aromatic heterocycles. The van der Waals surface area contributed by atoms with E-state index in [4.69, 9.17) is 4.74 Å². The minimum absolute atomic E-state index is 0.180. The van der Waals surface area contributed by atoms with Gasteiger partial charge in [0, 0.05) is 11.1 Å². The number of nitrogens with one attached hydrogen (secondary N) is 1. The largest absolute Gasteiger partial charge is 0.451 e. The molecule has 138 valence electrons. The molecule has 3 aromatic rings. The topological polar surface area (TPSA) is 68.3 Å². The molecule has 1 atom stereocenters. The zero-order valence-corrected chi connectivity index (χ0v) is 15.4. The van der Waals surface area contributed by atoms with Crippen LogP contribution in [0.15, 0.2) is 60.7 Å². The molecule has 0 spiro atoms. The van der Waals surface area contributed by atoms with Gasteiger partial charge in [0.15, 0.2) is 6.61 Å². The summed E-state index contributed by atoms with van der Waals surface area (Å²) in [6.07, 6.45) is 1.06. The predicted molar refractivity (Wildman–Crippen MR) is 106 cm³/mol. The molecule has 0 aliphatic carbocycles. The number of para-hydroxylation sites is 1. The van der Waals surface area contributed by atoms with Gasteiger partial charge in [-0.1, -0.05) is 50.2 Å². The summed E-state index contributed by atoms with van der Waals surface area (Å²) in [5, 5.41) is 3.66. The Morgan fingerprint density at radius 2 is 1.78 bits per heavy atom. The summed E-state index contributed by atoms with van der Waals surface area (Å²) in [6, 6.07) is 18.6. The van der Waals surface area contributed by atoms with Crippen molar-refractivity contribution in [1.82, 2.24) is 4.98 Å². The standard InChI is InChI=1S/C22H22N2O3/c1-3-15(2)16-8-11-18(12-9-16)23-21(25)14-27-22(26)20-13-10-17-6-4-5-7-19(17)24-20/h4-13,15H,3,14H2,1-2H3,(H,23,25)/t15-/m0/s1. The van der Waals surface area contributed by atoms with Crippen LogP contribution in [-0.2, 0) is 9.53 Å². The van der Waals surface area contributed by atoms with Crippen LogP contribution in [0.4, 0.5) is 5.69 Å². The molecule has 0 aliphatic heterocycles. The van der Waals surface area contributed by atoms with Crippen LogP contribution in [0.2, 0.25) is 0 Å². The van der Waals surface area contributed by atoms with Crippen molar-refractivity contribution in [2.75, 3.05) is 11.9 Å². The van der Waals surface area contributed by atoms with Crippen molar-refractivity contribution in [3.63, 3.8) is 0 Å². The SMILES string of the molecule is CC[C@H](C)c1ccc(NC(=O)COC(=O)c2ccc3ccccc3n2)cc1. The van der Waals surface area contributed by atoms with Gasteiger partial charge in [-0.2, -0.15) is 0 Å². The molecule has 0 saturated carbocycles. The lowest BCUT2D eigenvalue weighted by Crippen LogP contribution is -2.21. The lowest BCUT2D eigenvalue weighted by molar-refractivity contribution is -0.119. The van der Waals surface area contributed by atoms with Gasteiger partial charge in [-0.25, -0.2) is 9.78 Å². The van der Waals surface area contributed by atoms with Crippen LogP contribution in [0.1, 0.15) is 42.2 Å². The summed E-state index contributed by atoms with van der Waals surface area (Å²) in [6.45, 7) is 3.94. The van der Waals surface area contributed by atoms with Crippen LogP contribution in [0, 0.1) is 0 Å². The fraction of sp³-hybridized carbons (Fsp3) is 0.227. The third-order valence-corrected chi connectivity index (χ3v) is 4.52. The first-order valence-electron chi connectivity index (χ1n) is 8.99. The van der Waals surface area contributed by atoms with Gasteiger partial charge in [0.25, 0.3) is 5.91 Å². The highest BCUT2D eigenvalue weighted by atomic mass is 16.5. The normalized spacial score (nSPS) is 11.8. The van der Waals surface area contributed by atoms with E-state index in [9.17, 15) is 9.59 Å². The Bertz CT molecular complexity index is 951. The van der Waals surface area contributed by atoms with E-state index in [-0.39, 0.29) is 18.2 Å². The molecule has 0 bridgehead atoms. The van der Waals surface area contributed by atoms with Crippen molar-refractivity contribution in [2.45, 2.75) is 26.2 Å². The van der Waals surface area contributed by atoms with Crippen molar-refractivity contribution < 1.29 is 14.3 Å². The maximum atomic E-state index is 12.1. The van der Waals surface area contributed by atoms with E-state index >= 15 is 0 Å². The minimum atomic E-state index is -0.622. The molecule has 1 N–H and O–H groups in total. The monoisotopic (exact) mass is 362 g/mol. The molecule has 0 radical (unpaired) electrons. The second-order valence-corrected chi connectivity index (χ2v) is 6.44. The van der Waals surface area contributed by atoms with E-state index in [1.54, 1.807) is 12.1 Å². The molecule has 5 heteroatoms. The lowest BCUT2D eigenvalue weighted by Gasteiger charge is -2.10. The third kappa shape index (κ3) is 4.70. The Hall–Kier alpha value is -3.21. The summed E-state index contributed by atoms with van der Waals surface area (Å²) in [5.74, 6) is -0.534. The average Bonchev–Trinajstić information content (AvgIpc) is 2.71. The molecule has 0 fully saturated rings. The van der Waals surface area contributed by atoms with Crippen molar-refractivity contribution in [3.8, 4) is 0 Å². The Balaban J connectivity index is 1.55. The summed E-state index contributed by atoms with van der Waals surface area (Å²) in [4.78, 5) is 28.4. The van der Waals surface area contributed by atoms with Gasteiger partial charge in [0.05, 0.1) is 5.52 Å². The highest BCUT2D eigenvalue weighted by molar-refractivity contribution is 5.95. The number of fused-ring (bicyclic) bond motifs is 1. The van der Waals surface area contributed by atoms with Gasteiger partial charge >= 0.3 is 5.97 Å². The molecular weight excluding hydrogens is 340 g/mol. The predicted octanol–water partition coefficient (Wildman–Crippen LogP) is 4.54. The lowest BCUT2D eigenvalue weighted by atomic mass is 9.99. The number of carbonyl (C=O) groups excluding carboxylic acids is 2. The molecule has 1 heterocycles. The van der Waals surface area contributed by atoms with Crippen molar-refractivity contribution in [1.29, 1.82) is 0 Å². The van der Waals surface area contributed by atoms with Gasteiger partial charge in [0.2, 0.25) is 0 Å². The van der Waals surface area contributed by atoms with Crippen molar-refractivity contribution >= 4 is 28.5 Å². The fourth-order valence-corrected chi connectivity index (χ4v) is 2.71. The number of rotatable bonds is 6. The summed E-state index contributed by atoms with van der Waals surface area (Å²) < 4.78 is 5.08. The number of ether oxygens (including phenoxy) is 1. The van der Waals surface area contributed by atoms with Crippen LogP contribution < -0.4 is 5.32 Å². The zero-order chi connectivity index (χ0) is 19.2. The number of aromatic nitrogens is 1. The van der Waals surface area contributed by atoms with E-state index in [2.05, 4.69) is 24.1 Å². The molecule has 3 rings (SSSR count). The summed E-state index contributed by atoms with van der Waals surface area (Å²) in [7, 11) is 0. The first kappa shape index (κ1) is 18.6. The minimum Gasteiger partial charge on any atom is -0.451 e. The second kappa shape index (κ2) is 8.45. The number of esters is 1. The van der Waals surface area contributed by atoms with Gasteiger partial charge in [-0.15, -0.1) is 0 Å².